The molecule has 0 bridgehead atoms. The smallest absolute Gasteiger partial charge is 0.306 e. The zero-order chi connectivity index (χ0) is 63.9. The van der Waals surface area contributed by atoms with E-state index in [4.69, 9.17) is 14.2 Å². The zero-order valence-electron chi connectivity index (χ0n) is 56.3. The van der Waals surface area contributed by atoms with Gasteiger partial charge in [0.15, 0.2) is 12.4 Å². The Hall–Kier alpha value is -3.68. The third kappa shape index (κ3) is 50.0. The molecule has 1 aliphatic heterocycles. The van der Waals surface area contributed by atoms with Crippen LogP contribution >= 0.6 is 0 Å². The molecule has 1 rings (SSSR count). The van der Waals surface area contributed by atoms with Gasteiger partial charge < -0.3 is 45.1 Å². The van der Waals surface area contributed by atoms with Crippen molar-refractivity contribution in [2.75, 3.05) is 13.2 Å². The quantitative estimate of drug-likeness (QED) is 0.0195. The first-order valence-electron chi connectivity index (χ1n) is 36.2. The molecule has 11 nitrogen and oxygen atoms in total. The minimum atomic E-state index is -1.64. The number of nitrogens with one attached hydrogen (secondary N) is 1. The van der Waals surface area contributed by atoms with E-state index in [0.717, 1.165) is 96.3 Å². The van der Waals surface area contributed by atoms with Crippen molar-refractivity contribution in [3.8, 4) is 0 Å². The van der Waals surface area contributed by atoms with E-state index >= 15 is 0 Å². The Labute approximate surface area is 538 Å². The van der Waals surface area contributed by atoms with Gasteiger partial charge in [-0.15, -0.1) is 0 Å². The van der Waals surface area contributed by atoms with Crippen LogP contribution in [0.4, 0.5) is 0 Å². The van der Waals surface area contributed by atoms with Crippen LogP contribution in [-0.2, 0) is 23.8 Å². The average Bonchev–Trinajstić information content (AvgIpc) is 1.36. The Morgan fingerprint density at radius 2 is 0.818 bits per heavy atom. The van der Waals surface area contributed by atoms with Crippen molar-refractivity contribution in [3.63, 3.8) is 0 Å². The van der Waals surface area contributed by atoms with Gasteiger partial charge in [-0.05, 0) is 109 Å². The molecular formula is C77H133NO10. The fraction of sp³-hybridized carbons (Fsp3) is 0.740. The second-order valence-corrected chi connectivity index (χ2v) is 24.6. The van der Waals surface area contributed by atoms with E-state index in [2.05, 4.69) is 123 Å². The predicted octanol–water partition coefficient (Wildman–Crippen LogP) is 18.8. The van der Waals surface area contributed by atoms with E-state index in [1.54, 1.807) is 6.08 Å². The largest absolute Gasteiger partial charge is 0.454 e. The van der Waals surface area contributed by atoms with Crippen molar-refractivity contribution in [3.05, 3.63) is 109 Å². The van der Waals surface area contributed by atoms with Crippen LogP contribution in [0, 0.1) is 0 Å². The lowest BCUT2D eigenvalue weighted by Gasteiger charge is -2.41. The molecule has 1 fully saturated rings. The highest BCUT2D eigenvalue weighted by molar-refractivity contribution is 5.80. The highest BCUT2D eigenvalue weighted by atomic mass is 16.7. The second kappa shape index (κ2) is 63.5. The lowest BCUT2D eigenvalue weighted by Crippen LogP contribution is -2.61. The number of esters is 1. The van der Waals surface area contributed by atoms with Crippen molar-refractivity contribution in [1.82, 2.24) is 5.32 Å². The number of hydrogen-bond acceptors (Lipinski definition) is 10. The summed E-state index contributed by atoms with van der Waals surface area (Å²) in [4.78, 5) is 26.7. The van der Waals surface area contributed by atoms with Gasteiger partial charge in [0, 0.05) is 6.42 Å². The number of amides is 1. The number of ether oxygens (including phenoxy) is 3. The Kier molecular flexibility index (Phi) is 59.4. The van der Waals surface area contributed by atoms with Crippen molar-refractivity contribution in [2.45, 2.75) is 352 Å². The van der Waals surface area contributed by atoms with Crippen molar-refractivity contribution < 1.29 is 49.3 Å². The first-order valence-corrected chi connectivity index (χ1v) is 36.2. The monoisotopic (exact) mass is 1230 g/mol. The highest BCUT2D eigenvalue weighted by Crippen LogP contribution is 2.26. The number of carbonyl (C=O) groups excluding carboxylic acids is 2. The third-order valence-electron chi connectivity index (χ3n) is 16.4. The van der Waals surface area contributed by atoms with E-state index in [1.165, 1.54) is 161 Å². The Bertz CT molecular complexity index is 1850. The van der Waals surface area contributed by atoms with Crippen molar-refractivity contribution in [1.29, 1.82) is 0 Å². The van der Waals surface area contributed by atoms with E-state index in [9.17, 15) is 35.1 Å². The van der Waals surface area contributed by atoms with Crippen LogP contribution in [-0.4, -0.2) is 99.6 Å². The molecule has 0 aromatic rings. The second-order valence-electron chi connectivity index (χ2n) is 24.6. The van der Waals surface area contributed by atoms with Gasteiger partial charge in [-0.2, -0.15) is 0 Å². The molecule has 1 heterocycles. The molecule has 6 N–H and O–H groups in total. The van der Waals surface area contributed by atoms with E-state index in [-0.39, 0.29) is 19.4 Å². The Balaban J connectivity index is 2.58. The summed E-state index contributed by atoms with van der Waals surface area (Å²) in [6, 6.07) is -1.04. The summed E-state index contributed by atoms with van der Waals surface area (Å²) in [7, 11) is 0. The van der Waals surface area contributed by atoms with Gasteiger partial charge in [0.05, 0.1) is 25.4 Å². The van der Waals surface area contributed by atoms with E-state index < -0.39 is 67.4 Å². The maximum Gasteiger partial charge on any atom is 0.306 e. The maximum atomic E-state index is 13.5. The number of carbonyl (C=O) groups is 2. The number of hydrogen-bond donors (Lipinski definition) is 6. The summed E-state index contributed by atoms with van der Waals surface area (Å²) < 4.78 is 17.6. The van der Waals surface area contributed by atoms with Gasteiger partial charge in [0.2, 0.25) is 5.91 Å². The first kappa shape index (κ1) is 82.3. The lowest BCUT2D eigenvalue weighted by atomic mass is 9.99. The van der Waals surface area contributed by atoms with Gasteiger partial charge >= 0.3 is 5.97 Å². The molecule has 1 aliphatic rings. The van der Waals surface area contributed by atoms with Gasteiger partial charge in [-0.3, -0.25) is 9.59 Å². The van der Waals surface area contributed by atoms with Gasteiger partial charge in [0.1, 0.15) is 24.4 Å². The maximum absolute atomic E-state index is 13.5. The van der Waals surface area contributed by atoms with Gasteiger partial charge in [0.25, 0.3) is 0 Å². The summed E-state index contributed by atoms with van der Waals surface area (Å²) in [5.41, 5.74) is 0. The fourth-order valence-electron chi connectivity index (χ4n) is 10.7. The zero-order valence-corrected chi connectivity index (χ0v) is 56.3. The summed E-state index contributed by atoms with van der Waals surface area (Å²) in [5.74, 6) is -1.24. The van der Waals surface area contributed by atoms with Crippen LogP contribution < -0.4 is 5.32 Å². The standard InChI is InChI=1S/C77H133NO10/c1-4-7-10-13-16-19-22-25-27-29-31-33-34-35-36-37-39-40-42-44-46-49-52-55-58-61-64-70(81)76(85)78-68(69(80)63-60-57-54-51-48-24-21-18-15-12-9-6-3)67-86-77-75(74(84)73(83)71(66-79)87-77)88-72(82)65-62-59-56-53-50-47-45-43-41-38-32-30-28-26-23-20-17-14-11-8-5-2/h8,11,16-17,19-20,25-28,32,38,43,45,50,53,60,63,68-71,73-75,77,79-81,83-84H,4-7,9-10,12-15,18,21-24,29-31,33-37,39-42,44,46-49,51-52,54-59,61-62,64-67H2,1-3H3,(H,78,85)/b11-8-,19-16-,20-17-,27-25-,28-26-,38-32-,45-43-,53-50-,63-60+. The minimum Gasteiger partial charge on any atom is -0.454 e. The summed E-state index contributed by atoms with van der Waals surface area (Å²) in [6.07, 6.45) is 77.1. The Morgan fingerprint density at radius 3 is 1.25 bits per heavy atom. The Morgan fingerprint density at radius 1 is 0.455 bits per heavy atom. The van der Waals surface area contributed by atoms with E-state index in [0.29, 0.717) is 12.8 Å². The molecule has 8 atom stereocenters. The molecule has 0 saturated carbocycles. The van der Waals surface area contributed by atoms with E-state index in [1.807, 2.05) is 6.08 Å². The molecule has 1 amide bonds. The van der Waals surface area contributed by atoms with Gasteiger partial charge in [-0.1, -0.05) is 297 Å². The first-order chi connectivity index (χ1) is 43.2. The molecule has 8 unspecified atom stereocenters. The average molecular weight is 1230 g/mol. The number of rotatable bonds is 61. The van der Waals surface area contributed by atoms with Gasteiger partial charge in [-0.25, -0.2) is 0 Å². The summed E-state index contributed by atoms with van der Waals surface area (Å²) >= 11 is 0. The lowest BCUT2D eigenvalue weighted by molar-refractivity contribution is -0.305. The summed E-state index contributed by atoms with van der Waals surface area (Å²) in [5, 5.41) is 57.2. The SMILES string of the molecule is CC/C=C\C/C=C\C/C=C\C/C=C\C/C=C\C/C=C\CCCCC(=O)OC1C(OCC(NC(=O)C(O)CCCCCCCCCCCCCCCCCC/C=C\C/C=C\CCCCC)C(O)/C=C/CCCCCCCCCCCC)OC(CO)C(O)C1O. The van der Waals surface area contributed by atoms with Crippen LogP contribution in [0.3, 0.4) is 0 Å². The summed E-state index contributed by atoms with van der Waals surface area (Å²) in [6.45, 7) is 5.65. The van der Waals surface area contributed by atoms with Crippen molar-refractivity contribution in [2.24, 2.45) is 0 Å². The molecule has 506 valence electrons. The molecule has 0 aliphatic carbocycles. The van der Waals surface area contributed by atoms with Crippen LogP contribution in [0.15, 0.2) is 109 Å². The number of allylic oxidation sites excluding steroid dienone is 17. The van der Waals surface area contributed by atoms with Crippen molar-refractivity contribution >= 4 is 11.9 Å². The third-order valence-corrected chi connectivity index (χ3v) is 16.4. The molecule has 0 spiro atoms. The van der Waals surface area contributed by atoms with Crippen LogP contribution in [0.1, 0.15) is 303 Å². The van der Waals surface area contributed by atoms with Crippen LogP contribution in [0.25, 0.3) is 0 Å². The molecule has 88 heavy (non-hydrogen) atoms. The minimum absolute atomic E-state index is 0.0644. The molecule has 1 saturated heterocycles. The molecule has 0 aromatic carbocycles. The number of aliphatic hydroxyl groups excluding tert-OH is 5. The van der Waals surface area contributed by atoms with Crippen LogP contribution in [0.5, 0.6) is 0 Å². The molecule has 0 radical (unpaired) electrons. The molecule has 11 heteroatoms. The normalized spacial score (nSPS) is 18.8. The van der Waals surface area contributed by atoms with Crippen LogP contribution in [0.2, 0.25) is 0 Å². The topological polar surface area (TPSA) is 175 Å². The fourth-order valence-corrected chi connectivity index (χ4v) is 10.7. The number of aliphatic hydroxyl groups is 5. The number of unbranched alkanes of at least 4 members (excludes halogenated alkanes) is 31. The predicted molar refractivity (Wildman–Crippen MR) is 370 cm³/mol. The molecule has 0 aromatic heterocycles. The highest BCUT2D eigenvalue weighted by Gasteiger charge is 2.47. The molecular weight excluding hydrogens is 1100 g/mol.